The highest BCUT2D eigenvalue weighted by Crippen LogP contribution is 2.45. The van der Waals surface area contributed by atoms with E-state index < -0.39 is 97.5 Å². The molecule has 0 aliphatic rings. The summed E-state index contributed by atoms with van der Waals surface area (Å²) in [5.41, 5.74) is 0. The molecule has 0 aliphatic heterocycles. The fourth-order valence-corrected chi connectivity index (χ4v) is 14.2. The molecular weight excluding hydrogens is 1310 g/mol. The van der Waals surface area contributed by atoms with Crippen LogP contribution in [-0.2, 0) is 65.4 Å². The number of rotatable bonds is 81. The maximum absolute atomic E-state index is 13.1. The van der Waals surface area contributed by atoms with E-state index in [0.717, 1.165) is 95.8 Å². The molecule has 0 saturated carbocycles. The Morgan fingerprint density at radius 2 is 0.460 bits per heavy atom. The van der Waals surface area contributed by atoms with E-state index in [1.54, 1.807) is 0 Å². The van der Waals surface area contributed by atoms with Crippen LogP contribution in [0.4, 0.5) is 0 Å². The van der Waals surface area contributed by atoms with Crippen LogP contribution < -0.4 is 0 Å². The Morgan fingerprint density at radius 3 is 0.680 bits per heavy atom. The van der Waals surface area contributed by atoms with Gasteiger partial charge in [0.15, 0.2) is 12.2 Å². The molecule has 594 valence electrons. The maximum Gasteiger partial charge on any atom is 0.472 e. The Balaban J connectivity index is 5.24. The van der Waals surface area contributed by atoms with E-state index in [4.69, 9.17) is 37.0 Å². The van der Waals surface area contributed by atoms with Crippen LogP contribution in [0.3, 0.4) is 0 Å². The SMILES string of the molecule is CCCCCCCCCCCCCCCCCCCCC(=O)OC[C@H](COP(=O)(O)OC[C@@H](O)COP(=O)(O)OC[C@@H](COC(=O)CCCCCCCCCCC(C)C)OC(=O)CCCCCCCCCCCCCCC)OC(=O)CCCCCCCCCCCCCCCCCCCC. The molecule has 0 aromatic carbocycles. The second-order valence-corrected chi connectivity index (χ2v) is 32.5. The molecule has 3 N–H and O–H groups in total. The van der Waals surface area contributed by atoms with Crippen LogP contribution in [0.2, 0.25) is 0 Å². The monoisotopic (exact) mass is 1470 g/mol. The Morgan fingerprint density at radius 1 is 0.270 bits per heavy atom. The lowest BCUT2D eigenvalue weighted by molar-refractivity contribution is -0.161. The lowest BCUT2D eigenvalue weighted by atomic mass is 10.0. The van der Waals surface area contributed by atoms with Crippen LogP contribution in [0.5, 0.6) is 0 Å². The molecule has 19 heteroatoms. The molecule has 0 aromatic heterocycles. The van der Waals surface area contributed by atoms with Crippen molar-refractivity contribution in [3.8, 4) is 0 Å². The number of carbonyl (C=O) groups excluding carboxylic acids is 4. The third kappa shape index (κ3) is 74.3. The summed E-state index contributed by atoms with van der Waals surface area (Å²) in [5.74, 6) is -1.38. The van der Waals surface area contributed by atoms with Gasteiger partial charge in [-0.3, -0.25) is 37.3 Å². The van der Waals surface area contributed by atoms with E-state index in [9.17, 15) is 43.2 Å². The first kappa shape index (κ1) is 98.1. The summed E-state index contributed by atoms with van der Waals surface area (Å²) >= 11 is 0. The van der Waals surface area contributed by atoms with Gasteiger partial charge in [-0.05, 0) is 31.6 Å². The largest absolute Gasteiger partial charge is 0.472 e. The van der Waals surface area contributed by atoms with E-state index in [0.29, 0.717) is 25.7 Å². The summed E-state index contributed by atoms with van der Waals surface area (Å²) < 4.78 is 68.7. The van der Waals surface area contributed by atoms with Gasteiger partial charge >= 0.3 is 39.5 Å². The van der Waals surface area contributed by atoms with Crippen molar-refractivity contribution in [2.24, 2.45) is 5.92 Å². The molecule has 0 aliphatic carbocycles. The first-order valence-electron chi connectivity index (χ1n) is 42.1. The minimum Gasteiger partial charge on any atom is -0.462 e. The highest BCUT2D eigenvalue weighted by atomic mass is 31.2. The number of aliphatic hydroxyl groups excluding tert-OH is 1. The normalized spacial score (nSPS) is 13.8. The maximum atomic E-state index is 13.1. The van der Waals surface area contributed by atoms with Crippen LogP contribution in [0.15, 0.2) is 0 Å². The van der Waals surface area contributed by atoms with Crippen molar-refractivity contribution in [3.05, 3.63) is 0 Å². The molecule has 0 amide bonds. The molecule has 2 unspecified atom stereocenters. The average molecular weight is 1470 g/mol. The molecule has 0 bridgehead atoms. The quantitative estimate of drug-likeness (QED) is 0.0222. The zero-order valence-electron chi connectivity index (χ0n) is 65.3. The van der Waals surface area contributed by atoms with Gasteiger partial charge in [0.2, 0.25) is 0 Å². The van der Waals surface area contributed by atoms with E-state index in [1.165, 1.54) is 257 Å². The summed E-state index contributed by atoms with van der Waals surface area (Å²) in [6.45, 7) is 7.30. The fourth-order valence-electron chi connectivity index (χ4n) is 12.6. The second-order valence-electron chi connectivity index (χ2n) is 29.6. The number of phosphoric acid groups is 2. The first-order valence-corrected chi connectivity index (χ1v) is 45.1. The number of hydrogen-bond acceptors (Lipinski definition) is 15. The number of aliphatic hydroxyl groups is 1. The Labute approximate surface area is 613 Å². The van der Waals surface area contributed by atoms with Crippen LogP contribution >= 0.6 is 15.6 Å². The number of hydrogen-bond donors (Lipinski definition) is 3. The van der Waals surface area contributed by atoms with Crippen molar-refractivity contribution in [3.63, 3.8) is 0 Å². The standard InChI is InChI=1S/C81H158O17P2/c1-6-9-12-15-18-21-24-27-29-31-33-35-38-40-43-49-54-59-64-78(83)91-70-76(97-81(86)67-62-57-52-45-42-39-36-34-32-30-28-25-22-19-16-13-10-7-2)72-95-99(87,88)93-68-75(82)69-94-100(89,90)96-73-77(71-92-79(84)65-60-55-50-47-46-48-53-58-63-74(4)5)98-80(85)66-61-56-51-44-41-37-26-23-20-17-14-11-8-3/h74-77,82H,6-73H2,1-5H3,(H,87,88)(H,89,90)/t75-,76-,77-/m1/s1. The van der Waals surface area contributed by atoms with Gasteiger partial charge in [-0.2, -0.15) is 0 Å². The molecule has 0 fully saturated rings. The zero-order chi connectivity index (χ0) is 73.4. The van der Waals surface area contributed by atoms with Crippen LogP contribution in [0.25, 0.3) is 0 Å². The van der Waals surface area contributed by atoms with Gasteiger partial charge in [0.05, 0.1) is 26.4 Å². The number of phosphoric ester groups is 2. The minimum absolute atomic E-state index is 0.108. The topological polar surface area (TPSA) is 237 Å². The number of carbonyl (C=O) groups is 4. The summed E-state index contributed by atoms with van der Waals surface area (Å²) in [5, 5.41) is 10.6. The number of unbranched alkanes of at least 4 members (excludes halogenated alkanes) is 53. The summed E-state index contributed by atoms with van der Waals surface area (Å²) in [6.07, 6.45) is 65.2. The van der Waals surface area contributed by atoms with Gasteiger partial charge in [0.25, 0.3) is 0 Å². The summed E-state index contributed by atoms with van der Waals surface area (Å²) in [4.78, 5) is 73.0. The molecule has 0 saturated heterocycles. The Hall–Kier alpha value is -1.94. The van der Waals surface area contributed by atoms with Crippen molar-refractivity contribution in [2.75, 3.05) is 39.6 Å². The smallest absolute Gasteiger partial charge is 0.462 e. The molecule has 0 spiro atoms. The minimum atomic E-state index is -4.96. The molecule has 0 aromatic rings. The predicted octanol–water partition coefficient (Wildman–Crippen LogP) is 24.4. The van der Waals surface area contributed by atoms with Gasteiger partial charge in [0, 0.05) is 25.7 Å². The van der Waals surface area contributed by atoms with E-state index in [1.807, 2.05) is 0 Å². The highest BCUT2D eigenvalue weighted by molar-refractivity contribution is 7.47. The molecular formula is C81H158O17P2. The highest BCUT2D eigenvalue weighted by Gasteiger charge is 2.30. The van der Waals surface area contributed by atoms with Gasteiger partial charge < -0.3 is 33.8 Å². The second kappa shape index (κ2) is 73.9. The van der Waals surface area contributed by atoms with Crippen molar-refractivity contribution < 1.29 is 80.2 Å². The van der Waals surface area contributed by atoms with E-state index in [2.05, 4.69) is 34.6 Å². The van der Waals surface area contributed by atoms with Gasteiger partial charge in [-0.15, -0.1) is 0 Å². The zero-order valence-corrected chi connectivity index (χ0v) is 67.1. The molecule has 0 radical (unpaired) electrons. The average Bonchev–Trinajstić information content (AvgIpc) is 1.09. The van der Waals surface area contributed by atoms with Gasteiger partial charge in [0.1, 0.15) is 19.3 Å². The molecule has 0 rings (SSSR count). The Bertz CT molecular complexity index is 1910. The summed E-state index contributed by atoms with van der Waals surface area (Å²) in [7, 11) is -9.92. The van der Waals surface area contributed by atoms with Gasteiger partial charge in [-0.25, -0.2) is 9.13 Å². The number of ether oxygens (including phenoxy) is 4. The lowest BCUT2D eigenvalue weighted by Gasteiger charge is -2.21. The molecule has 100 heavy (non-hydrogen) atoms. The third-order valence-corrected chi connectivity index (χ3v) is 20.9. The molecule has 17 nitrogen and oxygen atoms in total. The van der Waals surface area contributed by atoms with Crippen molar-refractivity contribution in [1.29, 1.82) is 0 Å². The van der Waals surface area contributed by atoms with Crippen LogP contribution in [0.1, 0.15) is 433 Å². The third-order valence-electron chi connectivity index (χ3n) is 19.0. The van der Waals surface area contributed by atoms with Crippen molar-refractivity contribution in [2.45, 2.75) is 451 Å². The molecule has 0 heterocycles. The van der Waals surface area contributed by atoms with Crippen molar-refractivity contribution >= 4 is 39.5 Å². The molecule has 5 atom stereocenters. The van der Waals surface area contributed by atoms with E-state index in [-0.39, 0.29) is 25.7 Å². The van der Waals surface area contributed by atoms with Crippen molar-refractivity contribution in [1.82, 2.24) is 0 Å². The lowest BCUT2D eigenvalue weighted by Crippen LogP contribution is -2.30. The van der Waals surface area contributed by atoms with E-state index >= 15 is 0 Å². The van der Waals surface area contributed by atoms with Gasteiger partial charge in [-0.1, -0.05) is 381 Å². The Kier molecular flexibility index (Phi) is 72.5. The summed E-state index contributed by atoms with van der Waals surface area (Å²) in [6, 6.07) is 0. The number of esters is 4. The predicted molar refractivity (Wildman–Crippen MR) is 409 cm³/mol. The van der Waals surface area contributed by atoms with Crippen LogP contribution in [-0.4, -0.2) is 96.7 Å². The first-order chi connectivity index (χ1) is 48.5. The fraction of sp³-hybridized carbons (Fsp3) is 0.951. The van der Waals surface area contributed by atoms with Crippen LogP contribution in [0, 0.1) is 5.92 Å².